The number of piperazine rings is 1. The Kier molecular flexibility index (Phi) is 4.06. The Bertz CT molecular complexity index is 543. The van der Waals surface area contributed by atoms with Crippen LogP contribution >= 0.6 is 11.6 Å². The van der Waals surface area contributed by atoms with E-state index in [1.54, 1.807) is 12.1 Å². The van der Waals surface area contributed by atoms with Gasteiger partial charge in [-0.3, -0.25) is 4.79 Å². The second-order valence-electron chi connectivity index (χ2n) is 4.12. The van der Waals surface area contributed by atoms with Crippen LogP contribution in [0, 0.1) is 0 Å². The first kappa shape index (κ1) is 13.4. The van der Waals surface area contributed by atoms with Crippen LogP contribution in [-0.4, -0.2) is 36.6 Å². The van der Waals surface area contributed by atoms with Gasteiger partial charge in [0.2, 0.25) is 5.91 Å². The summed E-state index contributed by atoms with van der Waals surface area (Å²) in [4.78, 5) is 23.9. The summed E-state index contributed by atoms with van der Waals surface area (Å²) in [5.41, 5.74) is 1.38. The van der Waals surface area contributed by atoms with Crippen LogP contribution in [0.25, 0.3) is 6.08 Å². The van der Waals surface area contributed by atoms with Crippen molar-refractivity contribution in [3.8, 4) is 0 Å². The SMILES string of the molecule is O=C(O)/C=C/c1c(Cl)cccc1N1CCNC(=O)C1. The molecule has 1 saturated heterocycles. The number of rotatable bonds is 3. The number of carboxylic acid groups (broad SMARTS) is 1. The molecule has 0 saturated carbocycles. The van der Waals surface area contributed by atoms with Gasteiger partial charge in [-0.15, -0.1) is 0 Å². The monoisotopic (exact) mass is 280 g/mol. The van der Waals surface area contributed by atoms with Crippen molar-refractivity contribution >= 4 is 35.2 Å². The summed E-state index contributed by atoms with van der Waals surface area (Å²) in [5.74, 6) is -1.10. The molecule has 1 aromatic carbocycles. The van der Waals surface area contributed by atoms with Gasteiger partial charge in [0.1, 0.15) is 0 Å². The quantitative estimate of drug-likeness (QED) is 0.821. The second-order valence-corrected chi connectivity index (χ2v) is 4.52. The van der Waals surface area contributed by atoms with E-state index in [1.807, 2.05) is 11.0 Å². The number of benzene rings is 1. The number of nitrogens with one attached hydrogen (secondary N) is 1. The average molecular weight is 281 g/mol. The zero-order valence-corrected chi connectivity index (χ0v) is 10.9. The molecule has 0 spiro atoms. The van der Waals surface area contributed by atoms with Crippen molar-refractivity contribution < 1.29 is 14.7 Å². The molecule has 1 aromatic rings. The smallest absolute Gasteiger partial charge is 0.328 e. The van der Waals surface area contributed by atoms with Crippen molar-refractivity contribution in [1.82, 2.24) is 5.32 Å². The van der Waals surface area contributed by atoms with Gasteiger partial charge in [-0.05, 0) is 18.2 Å². The average Bonchev–Trinajstić information content (AvgIpc) is 2.37. The Labute approximate surface area is 115 Å². The normalized spacial score (nSPS) is 15.6. The molecule has 0 bridgehead atoms. The van der Waals surface area contributed by atoms with E-state index in [2.05, 4.69) is 5.32 Å². The minimum atomic E-state index is -1.04. The molecule has 19 heavy (non-hydrogen) atoms. The fourth-order valence-corrected chi connectivity index (χ4v) is 2.20. The van der Waals surface area contributed by atoms with Crippen LogP contribution in [0.5, 0.6) is 0 Å². The summed E-state index contributed by atoms with van der Waals surface area (Å²) in [6, 6.07) is 5.30. The number of hydrogen-bond donors (Lipinski definition) is 2. The fraction of sp³-hybridized carbons (Fsp3) is 0.231. The van der Waals surface area contributed by atoms with Gasteiger partial charge in [0, 0.05) is 35.4 Å². The summed E-state index contributed by atoms with van der Waals surface area (Å²) >= 11 is 6.10. The first-order valence-corrected chi connectivity index (χ1v) is 6.17. The molecule has 0 radical (unpaired) electrons. The molecular formula is C13H13ClN2O3. The fourth-order valence-electron chi connectivity index (χ4n) is 1.97. The molecule has 1 fully saturated rings. The van der Waals surface area contributed by atoms with Gasteiger partial charge >= 0.3 is 5.97 Å². The molecule has 0 aromatic heterocycles. The van der Waals surface area contributed by atoms with Crippen LogP contribution in [-0.2, 0) is 9.59 Å². The molecule has 5 nitrogen and oxygen atoms in total. The number of carbonyl (C=O) groups is 2. The molecule has 1 amide bonds. The third kappa shape index (κ3) is 3.26. The Morgan fingerprint density at radius 2 is 2.26 bits per heavy atom. The number of nitrogens with zero attached hydrogens (tertiary/aromatic N) is 1. The van der Waals surface area contributed by atoms with Gasteiger partial charge in [0.05, 0.1) is 6.54 Å². The molecule has 2 rings (SSSR count). The summed E-state index contributed by atoms with van der Waals surface area (Å²) in [6.07, 6.45) is 2.49. The molecule has 100 valence electrons. The van der Waals surface area contributed by atoms with E-state index >= 15 is 0 Å². The lowest BCUT2D eigenvalue weighted by molar-refractivity contribution is -0.131. The van der Waals surface area contributed by atoms with Crippen molar-refractivity contribution in [1.29, 1.82) is 0 Å². The maximum Gasteiger partial charge on any atom is 0.328 e. The highest BCUT2D eigenvalue weighted by atomic mass is 35.5. The first-order chi connectivity index (χ1) is 9.08. The second kappa shape index (κ2) is 5.75. The molecule has 1 heterocycles. The van der Waals surface area contributed by atoms with Gasteiger partial charge in [-0.25, -0.2) is 4.79 Å². The van der Waals surface area contributed by atoms with Crippen LogP contribution in [0.15, 0.2) is 24.3 Å². The van der Waals surface area contributed by atoms with Crippen molar-refractivity contribution in [2.24, 2.45) is 0 Å². The summed E-state index contributed by atoms with van der Waals surface area (Å²) in [6.45, 7) is 1.47. The number of carbonyl (C=O) groups excluding carboxylic acids is 1. The molecule has 1 aliphatic rings. The van der Waals surface area contributed by atoms with Gasteiger partial charge in [0.15, 0.2) is 0 Å². The van der Waals surface area contributed by atoms with Crippen molar-refractivity contribution in [3.63, 3.8) is 0 Å². The highest BCUT2D eigenvalue weighted by Gasteiger charge is 2.19. The number of amides is 1. The molecular weight excluding hydrogens is 268 g/mol. The Hall–Kier alpha value is -2.01. The molecule has 1 aliphatic heterocycles. The lowest BCUT2D eigenvalue weighted by atomic mass is 10.1. The van der Waals surface area contributed by atoms with Crippen molar-refractivity contribution in [3.05, 3.63) is 34.9 Å². The summed E-state index contributed by atoms with van der Waals surface area (Å²) in [7, 11) is 0. The molecule has 0 aliphatic carbocycles. The van der Waals surface area contributed by atoms with Crippen LogP contribution in [0.2, 0.25) is 5.02 Å². The van der Waals surface area contributed by atoms with Gasteiger partial charge in [-0.2, -0.15) is 0 Å². The minimum absolute atomic E-state index is 0.0561. The van der Waals surface area contributed by atoms with E-state index in [4.69, 9.17) is 16.7 Å². The predicted octanol–water partition coefficient (Wildman–Crippen LogP) is 1.37. The van der Waals surface area contributed by atoms with Gasteiger partial charge < -0.3 is 15.3 Å². The molecule has 0 unspecified atom stereocenters. The Balaban J connectivity index is 2.36. The number of hydrogen-bond acceptors (Lipinski definition) is 3. The number of aliphatic carboxylic acids is 1. The zero-order valence-electron chi connectivity index (χ0n) is 10.1. The molecule has 6 heteroatoms. The maximum absolute atomic E-state index is 11.4. The van der Waals surface area contributed by atoms with Gasteiger partial charge in [0.25, 0.3) is 0 Å². The lowest BCUT2D eigenvalue weighted by Gasteiger charge is -2.30. The van der Waals surface area contributed by atoms with Gasteiger partial charge in [-0.1, -0.05) is 17.7 Å². The number of anilines is 1. The topological polar surface area (TPSA) is 69.6 Å². The third-order valence-corrected chi connectivity index (χ3v) is 3.13. The Morgan fingerprint density at radius 3 is 2.95 bits per heavy atom. The van der Waals surface area contributed by atoms with Crippen molar-refractivity contribution in [2.45, 2.75) is 0 Å². The van der Waals surface area contributed by atoms with Crippen LogP contribution in [0.3, 0.4) is 0 Å². The number of halogens is 1. The highest BCUT2D eigenvalue weighted by molar-refractivity contribution is 6.32. The van der Waals surface area contributed by atoms with E-state index in [0.717, 1.165) is 11.8 Å². The largest absolute Gasteiger partial charge is 0.478 e. The summed E-state index contributed by atoms with van der Waals surface area (Å²) in [5, 5.41) is 11.9. The lowest BCUT2D eigenvalue weighted by Crippen LogP contribution is -2.47. The van der Waals surface area contributed by atoms with E-state index in [-0.39, 0.29) is 12.5 Å². The van der Waals surface area contributed by atoms with Crippen LogP contribution < -0.4 is 10.2 Å². The van der Waals surface area contributed by atoms with E-state index in [1.165, 1.54) is 6.08 Å². The highest BCUT2D eigenvalue weighted by Crippen LogP contribution is 2.29. The van der Waals surface area contributed by atoms with Crippen LogP contribution in [0.1, 0.15) is 5.56 Å². The molecule has 2 N–H and O–H groups in total. The predicted molar refractivity (Wildman–Crippen MR) is 73.3 cm³/mol. The number of carboxylic acids is 1. The molecule has 0 atom stereocenters. The third-order valence-electron chi connectivity index (χ3n) is 2.80. The summed E-state index contributed by atoms with van der Waals surface area (Å²) < 4.78 is 0. The van der Waals surface area contributed by atoms with Crippen LogP contribution in [0.4, 0.5) is 5.69 Å². The van der Waals surface area contributed by atoms with E-state index in [9.17, 15) is 9.59 Å². The van der Waals surface area contributed by atoms with E-state index in [0.29, 0.717) is 23.7 Å². The van der Waals surface area contributed by atoms with Crippen molar-refractivity contribution in [2.75, 3.05) is 24.5 Å². The minimum Gasteiger partial charge on any atom is -0.478 e. The van der Waals surface area contributed by atoms with E-state index < -0.39 is 5.97 Å². The standard InChI is InChI=1S/C13H13ClN2O3/c14-10-2-1-3-11(9(10)4-5-13(18)19)16-7-6-15-12(17)8-16/h1-5H,6-8H2,(H,15,17)(H,18,19)/b5-4+. The maximum atomic E-state index is 11.4. The Morgan fingerprint density at radius 1 is 1.47 bits per heavy atom. The first-order valence-electron chi connectivity index (χ1n) is 5.79. The zero-order chi connectivity index (χ0) is 13.8.